The molecule has 0 bridgehead atoms. The van der Waals surface area contributed by atoms with E-state index in [-0.39, 0.29) is 17.6 Å². The molecule has 0 spiro atoms. The Labute approximate surface area is 92.5 Å². The lowest BCUT2D eigenvalue weighted by atomic mass is 9.97. The summed E-state index contributed by atoms with van der Waals surface area (Å²) in [4.78, 5) is 0. The van der Waals surface area contributed by atoms with Gasteiger partial charge in [0, 0.05) is 0 Å². The Balaban J connectivity index is 2.39. The molecule has 14 heavy (non-hydrogen) atoms. The Kier molecular flexibility index (Phi) is 5.57. The normalized spacial score (nSPS) is 30.8. The van der Waals surface area contributed by atoms with E-state index in [1.807, 2.05) is 6.92 Å². The zero-order valence-electron chi connectivity index (χ0n) is 9.21. The second-order valence-electron chi connectivity index (χ2n) is 3.95. The van der Waals surface area contributed by atoms with E-state index >= 15 is 0 Å². The maximum atomic E-state index is 6.23. The molecule has 1 fully saturated rings. The molecule has 3 unspecified atom stereocenters. The quantitative estimate of drug-likeness (QED) is 0.512. The van der Waals surface area contributed by atoms with E-state index in [4.69, 9.17) is 16.3 Å². The fraction of sp³-hybridized carbons (Fsp3) is 0.833. The van der Waals surface area contributed by atoms with Crippen LogP contribution in [-0.4, -0.2) is 17.6 Å². The molecule has 1 rings (SSSR count). The van der Waals surface area contributed by atoms with Crippen molar-refractivity contribution in [3.63, 3.8) is 0 Å². The molecule has 0 aromatic carbocycles. The Hall–Kier alpha value is -0.0100. The molecule has 0 amide bonds. The zero-order chi connectivity index (χ0) is 10.4. The van der Waals surface area contributed by atoms with E-state index in [0.29, 0.717) is 0 Å². The Bertz CT molecular complexity index is 179. The Morgan fingerprint density at radius 1 is 1.43 bits per heavy atom. The highest BCUT2D eigenvalue weighted by molar-refractivity contribution is 6.21. The van der Waals surface area contributed by atoms with Gasteiger partial charge in [-0.25, -0.2) is 0 Å². The van der Waals surface area contributed by atoms with E-state index in [2.05, 4.69) is 19.1 Å². The van der Waals surface area contributed by atoms with Crippen LogP contribution < -0.4 is 0 Å². The molecule has 1 aliphatic carbocycles. The molecule has 1 nitrogen and oxygen atoms in total. The van der Waals surface area contributed by atoms with Gasteiger partial charge in [0.2, 0.25) is 0 Å². The van der Waals surface area contributed by atoms with Crippen molar-refractivity contribution in [2.45, 2.75) is 63.5 Å². The van der Waals surface area contributed by atoms with Crippen molar-refractivity contribution in [1.82, 2.24) is 0 Å². The predicted octanol–water partition coefficient (Wildman–Crippen LogP) is 3.91. The van der Waals surface area contributed by atoms with Crippen LogP contribution in [0.25, 0.3) is 0 Å². The highest BCUT2D eigenvalue weighted by Gasteiger charge is 2.25. The molecule has 0 heterocycles. The highest BCUT2D eigenvalue weighted by atomic mass is 35.5. The molecule has 82 valence electrons. The van der Waals surface area contributed by atoms with Crippen molar-refractivity contribution in [3.8, 4) is 0 Å². The van der Waals surface area contributed by atoms with Crippen LogP contribution in [0.4, 0.5) is 0 Å². The molecule has 0 aromatic heterocycles. The van der Waals surface area contributed by atoms with Gasteiger partial charge in [-0.05, 0) is 26.2 Å². The van der Waals surface area contributed by atoms with Gasteiger partial charge >= 0.3 is 0 Å². The molecule has 0 radical (unpaired) electrons. The second-order valence-corrected chi connectivity index (χ2v) is 4.51. The van der Waals surface area contributed by atoms with Crippen LogP contribution in [0.5, 0.6) is 0 Å². The van der Waals surface area contributed by atoms with Gasteiger partial charge in [0.25, 0.3) is 0 Å². The van der Waals surface area contributed by atoms with Crippen LogP contribution in [0.3, 0.4) is 0 Å². The number of rotatable bonds is 4. The summed E-state index contributed by atoms with van der Waals surface area (Å²) in [5.74, 6) is 0. The average Bonchev–Trinajstić information content (AvgIpc) is 2.20. The van der Waals surface area contributed by atoms with Crippen LogP contribution >= 0.6 is 11.6 Å². The number of ether oxygens (including phenoxy) is 1. The molecular weight excluding hydrogens is 196 g/mol. The first-order valence-corrected chi connectivity index (χ1v) is 6.14. The standard InChI is InChI=1S/C12H21ClO/c1-3-7-10(4-2)14-12-9-6-5-8-11(12)13/h3,7,10-12H,4-6,8-9H2,1-2H3. The Morgan fingerprint density at radius 2 is 2.14 bits per heavy atom. The minimum absolute atomic E-state index is 0.225. The molecular formula is C12H21ClO. The largest absolute Gasteiger partial charge is 0.369 e. The fourth-order valence-electron chi connectivity index (χ4n) is 1.92. The summed E-state index contributed by atoms with van der Waals surface area (Å²) < 4.78 is 5.97. The van der Waals surface area contributed by atoms with Gasteiger partial charge in [0.1, 0.15) is 0 Å². The third kappa shape index (κ3) is 3.62. The van der Waals surface area contributed by atoms with E-state index in [0.717, 1.165) is 19.3 Å². The van der Waals surface area contributed by atoms with Gasteiger partial charge in [0.15, 0.2) is 0 Å². The molecule has 0 N–H and O–H groups in total. The van der Waals surface area contributed by atoms with E-state index in [9.17, 15) is 0 Å². The first-order chi connectivity index (χ1) is 6.77. The second kappa shape index (κ2) is 6.47. The number of halogens is 1. The zero-order valence-corrected chi connectivity index (χ0v) is 9.96. The molecule has 3 atom stereocenters. The van der Waals surface area contributed by atoms with Crippen LogP contribution in [0, 0.1) is 0 Å². The topological polar surface area (TPSA) is 9.23 Å². The average molecular weight is 217 g/mol. The van der Waals surface area contributed by atoms with E-state index in [1.54, 1.807) is 0 Å². The molecule has 0 aliphatic heterocycles. The number of hydrogen-bond acceptors (Lipinski definition) is 1. The summed E-state index contributed by atoms with van der Waals surface area (Å²) >= 11 is 6.23. The Morgan fingerprint density at radius 3 is 2.71 bits per heavy atom. The first-order valence-electron chi connectivity index (χ1n) is 5.70. The lowest BCUT2D eigenvalue weighted by molar-refractivity contribution is -0.00578. The van der Waals surface area contributed by atoms with Crippen molar-refractivity contribution in [3.05, 3.63) is 12.2 Å². The van der Waals surface area contributed by atoms with E-state index in [1.165, 1.54) is 12.8 Å². The molecule has 1 saturated carbocycles. The summed E-state index contributed by atoms with van der Waals surface area (Å²) in [6.07, 6.45) is 10.5. The predicted molar refractivity (Wildman–Crippen MR) is 61.9 cm³/mol. The summed E-state index contributed by atoms with van der Waals surface area (Å²) in [5, 5.41) is 0.225. The monoisotopic (exact) mass is 216 g/mol. The molecule has 0 aromatic rings. The van der Waals surface area contributed by atoms with Crippen molar-refractivity contribution < 1.29 is 4.74 Å². The molecule has 0 saturated heterocycles. The van der Waals surface area contributed by atoms with E-state index < -0.39 is 0 Å². The van der Waals surface area contributed by atoms with Crippen molar-refractivity contribution in [1.29, 1.82) is 0 Å². The maximum absolute atomic E-state index is 6.23. The highest BCUT2D eigenvalue weighted by Crippen LogP contribution is 2.27. The summed E-state index contributed by atoms with van der Waals surface area (Å²) in [6.45, 7) is 4.18. The first kappa shape index (κ1) is 12.1. The summed E-state index contributed by atoms with van der Waals surface area (Å²) in [7, 11) is 0. The number of hydrogen-bond donors (Lipinski definition) is 0. The third-order valence-corrected chi connectivity index (χ3v) is 3.28. The SMILES string of the molecule is CC=CC(CC)OC1CCCCC1Cl. The van der Waals surface area contributed by atoms with Crippen LogP contribution in [0.15, 0.2) is 12.2 Å². The van der Waals surface area contributed by atoms with Crippen LogP contribution in [0.1, 0.15) is 46.0 Å². The molecule has 2 heteroatoms. The van der Waals surface area contributed by atoms with Crippen molar-refractivity contribution in [2.75, 3.05) is 0 Å². The van der Waals surface area contributed by atoms with Gasteiger partial charge in [-0.3, -0.25) is 0 Å². The van der Waals surface area contributed by atoms with Gasteiger partial charge in [-0.1, -0.05) is 31.9 Å². The van der Waals surface area contributed by atoms with Gasteiger partial charge in [-0.15, -0.1) is 11.6 Å². The lowest BCUT2D eigenvalue weighted by Crippen LogP contribution is -2.31. The smallest absolute Gasteiger partial charge is 0.0757 e. The fourth-order valence-corrected chi connectivity index (χ4v) is 2.26. The minimum Gasteiger partial charge on any atom is -0.369 e. The van der Waals surface area contributed by atoms with Gasteiger partial charge in [-0.2, -0.15) is 0 Å². The van der Waals surface area contributed by atoms with Gasteiger partial charge < -0.3 is 4.74 Å². The summed E-state index contributed by atoms with van der Waals surface area (Å²) in [6, 6.07) is 0. The minimum atomic E-state index is 0.225. The number of allylic oxidation sites excluding steroid dienone is 1. The van der Waals surface area contributed by atoms with Crippen LogP contribution in [0.2, 0.25) is 0 Å². The maximum Gasteiger partial charge on any atom is 0.0757 e. The lowest BCUT2D eigenvalue weighted by Gasteiger charge is -2.29. The van der Waals surface area contributed by atoms with Gasteiger partial charge in [0.05, 0.1) is 17.6 Å². The van der Waals surface area contributed by atoms with Crippen LogP contribution in [-0.2, 0) is 4.74 Å². The summed E-state index contributed by atoms with van der Waals surface area (Å²) in [5.41, 5.74) is 0. The number of alkyl halides is 1. The third-order valence-electron chi connectivity index (χ3n) is 2.78. The van der Waals surface area contributed by atoms with Crippen molar-refractivity contribution in [2.24, 2.45) is 0 Å². The molecule has 1 aliphatic rings. The van der Waals surface area contributed by atoms with Crippen molar-refractivity contribution >= 4 is 11.6 Å².